The molecule has 1 aromatic heterocycles. The molecule has 4 rings (SSSR count). The van der Waals surface area contributed by atoms with E-state index in [1.165, 1.54) is 36.5 Å². The SMILES string of the molecule is O=C(Nc1ccc(N2CCOCC2)c(F)c1)c1ccc(-n2ccc(C(F)(F)F)n2)cc1. The highest BCUT2D eigenvalue weighted by Crippen LogP contribution is 2.28. The van der Waals surface area contributed by atoms with Gasteiger partial charge < -0.3 is 15.0 Å². The number of morpholine rings is 1. The van der Waals surface area contributed by atoms with Gasteiger partial charge >= 0.3 is 6.18 Å². The van der Waals surface area contributed by atoms with E-state index in [9.17, 15) is 22.4 Å². The van der Waals surface area contributed by atoms with Gasteiger partial charge in [-0.1, -0.05) is 0 Å². The van der Waals surface area contributed by atoms with Crippen LogP contribution in [-0.2, 0) is 10.9 Å². The second-order valence-corrected chi connectivity index (χ2v) is 6.91. The predicted molar refractivity (Wildman–Crippen MR) is 106 cm³/mol. The molecule has 0 atom stereocenters. The molecule has 3 aromatic rings. The van der Waals surface area contributed by atoms with Crippen molar-refractivity contribution in [1.82, 2.24) is 9.78 Å². The normalized spacial score (nSPS) is 14.5. The summed E-state index contributed by atoms with van der Waals surface area (Å²) in [5.41, 5.74) is 0.378. The lowest BCUT2D eigenvalue weighted by Crippen LogP contribution is -2.36. The van der Waals surface area contributed by atoms with Gasteiger partial charge in [-0.2, -0.15) is 18.3 Å². The Kier molecular flexibility index (Phi) is 5.64. The Labute approximate surface area is 175 Å². The molecule has 1 aliphatic rings. The molecule has 31 heavy (non-hydrogen) atoms. The summed E-state index contributed by atoms with van der Waals surface area (Å²) in [5, 5.41) is 6.11. The molecule has 6 nitrogen and oxygen atoms in total. The molecule has 0 saturated carbocycles. The first-order valence-corrected chi connectivity index (χ1v) is 9.48. The van der Waals surface area contributed by atoms with E-state index in [-0.39, 0.29) is 5.56 Å². The maximum Gasteiger partial charge on any atom is 0.435 e. The number of nitrogens with zero attached hydrogens (tertiary/aromatic N) is 3. The van der Waals surface area contributed by atoms with Gasteiger partial charge in [0.05, 0.1) is 24.6 Å². The molecule has 0 spiro atoms. The molecule has 162 valence electrons. The van der Waals surface area contributed by atoms with Gasteiger partial charge in [0.1, 0.15) is 5.82 Å². The van der Waals surface area contributed by atoms with E-state index in [2.05, 4.69) is 10.4 Å². The summed E-state index contributed by atoms with van der Waals surface area (Å²) in [7, 11) is 0. The number of nitrogens with one attached hydrogen (secondary N) is 1. The van der Waals surface area contributed by atoms with Crippen LogP contribution in [-0.4, -0.2) is 42.0 Å². The number of hydrogen-bond donors (Lipinski definition) is 1. The summed E-state index contributed by atoms with van der Waals surface area (Å²) in [6.07, 6.45) is -3.34. The zero-order valence-corrected chi connectivity index (χ0v) is 16.2. The van der Waals surface area contributed by atoms with Crippen LogP contribution in [0.4, 0.5) is 28.9 Å². The smallest absolute Gasteiger partial charge is 0.378 e. The Balaban J connectivity index is 1.44. The average Bonchev–Trinajstić information content (AvgIpc) is 3.25. The van der Waals surface area contributed by atoms with Crippen LogP contribution in [0.15, 0.2) is 54.7 Å². The summed E-state index contributed by atoms with van der Waals surface area (Å²) < 4.78 is 58.9. The molecule has 1 saturated heterocycles. The minimum atomic E-state index is -4.53. The molecular weight excluding hydrogens is 416 g/mol. The van der Waals surface area contributed by atoms with E-state index in [1.807, 2.05) is 4.90 Å². The van der Waals surface area contributed by atoms with Gasteiger partial charge in [-0.3, -0.25) is 4.79 Å². The Morgan fingerprint density at radius 2 is 1.74 bits per heavy atom. The second kappa shape index (κ2) is 8.38. The summed E-state index contributed by atoms with van der Waals surface area (Å²) in [6.45, 7) is 2.25. The predicted octanol–water partition coefficient (Wildman–Crippen LogP) is 4.12. The zero-order chi connectivity index (χ0) is 22.0. The molecule has 1 N–H and O–H groups in total. The van der Waals surface area contributed by atoms with Crippen LogP contribution in [0.1, 0.15) is 16.1 Å². The third kappa shape index (κ3) is 4.69. The van der Waals surface area contributed by atoms with Crippen molar-refractivity contribution in [2.45, 2.75) is 6.18 Å². The van der Waals surface area contributed by atoms with Gasteiger partial charge in [-0.15, -0.1) is 0 Å². The Morgan fingerprint density at radius 3 is 2.35 bits per heavy atom. The van der Waals surface area contributed by atoms with Crippen LogP contribution in [0.2, 0.25) is 0 Å². The number of alkyl halides is 3. The van der Waals surface area contributed by atoms with Crippen LogP contribution in [0.5, 0.6) is 0 Å². The lowest BCUT2D eigenvalue weighted by Gasteiger charge is -2.29. The summed E-state index contributed by atoms with van der Waals surface area (Å²) in [4.78, 5) is 14.3. The highest BCUT2D eigenvalue weighted by molar-refractivity contribution is 6.04. The molecule has 2 aromatic carbocycles. The molecule has 0 unspecified atom stereocenters. The maximum atomic E-state index is 14.5. The number of amides is 1. The molecule has 0 bridgehead atoms. The van der Waals surface area contributed by atoms with Gasteiger partial charge in [0.15, 0.2) is 5.69 Å². The van der Waals surface area contributed by atoms with Gasteiger partial charge in [-0.25, -0.2) is 9.07 Å². The lowest BCUT2D eigenvalue weighted by atomic mass is 10.2. The number of hydrogen-bond acceptors (Lipinski definition) is 4. The minimum Gasteiger partial charge on any atom is -0.378 e. The monoisotopic (exact) mass is 434 g/mol. The van der Waals surface area contributed by atoms with E-state index < -0.39 is 23.6 Å². The molecule has 10 heteroatoms. The van der Waals surface area contributed by atoms with Crippen molar-refractivity contribution >= 4 is 17.3 Å². The third-order valence-corrected chi connectivity index (χ3v) is 4.83. The van der Waals surface area contributed by atoms with Crippen LogP contribution in [0, 0.1) is 5.82 Å². The number of halogens is 4. The first kappa shape index (κ1) is 20.9. The molecule has 2 heterocycles. The van der Waals surface area contributed by atoms with Crippen molar-refractivity contribution in [3.63, 3.8) is 0 Å². The van der Waals surface area contributed by atoms with E-state index in [1.54, 1.807) is 12.1 Å². The second-order valence-electron chi connectivity index (χ2n) is 6.91. The van der Waals surface area contributed by atoms with Gasteiger partial charge in [0.25, 0.3) is 5.91 Å². The van der Waals surface area contributed by atoms with E-state index in [0.717, 1.165) is 10.7 Å². The van der Waals surface area contributed by atoms with Crippen LogP contribution in [0.25, 0.3) is 5.69 Å². The number of ether oxygens (including phenoxy) is 1. The largest absolute Gasteiger partial charge is 0.435 e. The number of anilines is 2. The van der Waals surface area contributed by atoms with Crippen molar-refractivity contribution in [3.8, 4) is 5.69 Å². The van der Waals surface area contributed by atoms with E-state index in [4.69, 9.17) is 4.74 Å². The van der Waals surface area contributed by atoms with Crippen molar-refractivity contribution < 1.29 is 27.1 Å². The topological polar surface area (TPSA) is 59.4 Å². The van der Waals surface area contributed by atoms with Crippen LogP contribution >= 0.6 is 0 Å². The summed E-state index contributed by atoms with van der Waals surface area (Å²) in [6, 6.07) is 11.2. The fourth-order valence-electron chi connectivity index (χ4n) is 3.23. The molecule has 1 amide bonds. The fourth-order valence-corrected chi connectivity index (χ4v) is 3.23. The highest BCUT2D eigenvalue weighted by Gasteiger charge is 2.33. The fraction of sp³-hybridized carbons (Fsp3) is 0.238. The Morgan fingerprint density at radius 1 is 1.03 bits per heavy atom. The van der Waals surface area contributed by atoms with E-state index >= 15 is 0 Å². The summed E-state index contributed by atoms with van der Waals surface area (Å²) in [5.74, 6) is -0.921. The Hall–Kier alpha value is -3.40. The molecule has 1 fully saturated rings. The van der Waals surface area contributed by atoms with Crippen molar-refractivity contribution in [3.05, 3.63) is 71.8 Å². The zero-order valence-electron chi connectivity index (χ0n) is 16.2. The van der Waals surface area contributed by atoms with Gasteiger partial charge in [-0.05, 0) is 48.5 Å². The average molecular weight is 434 g/mol. The van der Waals surface area contributed by atoms with E-state index in [0.29, 0.717) is 43.4 Å². The molecular formula is C21H18F4N4O2. The third-order valence-electron chi connectivity index (χ3n) is 4.83. The quantitative estimate of drug-likeness (QED) is 0.628. The standard InChI is InChI=1S/C21H18F4N4O2/c22-17-13-15(3-6-18(17)28-9-11-31-12-10-28)26-20(30)14-1-4-16(5-2-14)29-8-7-19(27-29)21(23,24)25/h1-8,13H,9-12H2,(H,26,30). The molecule has 1 aliphatic heterocycles. The Bertz CT molecular complexity index is 1070. The van der Waals surface area contributed by atoms with Crippen molar-refractivity contribution in [2.75, 3.05) is 36.5 Å². The first-order valence-electron chi connectivity index (χ1n) is 9.48. The number of benzene rings is 2. The summed E-state index contributed by atoms with van der Waals surface area (Å²) >= 11 is 0. The number of rotatable bonds is 4. The van der Waals surface area contributed by atoms with Crippen molar-refractivity contribution in [1.29, 1.82) is 0 Å². The lowest BCUT2D eigenvalue weighted by molar-refractivity contribution is -0.141. The number of carbonyl (C=O) groups excluding carboxylic acids is 1. The molecule has 0 radical (unpaired) electrons. The van der Waals surface area contributed by atoms with Crippen LogP contribution in [0.3, 0.4) is 0 Å². The van der Waals surface area contributed by atoms with Gasteiger partial charge in [0, 0.05) is 30.5 Å². The number of carbonyl (C=O) groups is 1. The molecule has 0 aliphatic carbocycles. The minimum absolute atomic E-state index is 0.268. The number of aromatic nitrogens is 2. The van der Waals surface area contributed by atoms with Gasteiger partial charge in [0.2, 0.25) is 0 Å². The van der Waals surface area contributed by atoms with Crippen molar-refractivity contribution in [2.24, 2.45) is 0 Å². The highest BCUT2D eigenvalue weighted by atomic mass is 19.4. The first-order chi connectivity index (χ1) is 14.8. The maximum absolute atomic E-state index is 14.5. The van der Waals surface area contributed by atoms with Crippen LogP contribution < -0.4 is 10.2 Å².